The van der Waals surface area contributed by atoms with Gasteiger partial charge in [-0.15, -0.1) is 0 Å². The SMILES string of the molecule is CC(C)(C)OC(=O)NC/C=C/c1ccco1. The smallest absolute Gasteiger partial charge is 0.407 e. The average molecular weight is 223 g/mol. The van der Waals surface area contributed by atoms with Gasteiger partial charge in [0.2, 0.25) is 0 Å². The molecule has 0 aromatic carbocycles. The summed E-state index contributed by atoms with van der Waals surface area (Å²) < 4.78 is 10.2. The van der Waals surface area contributed by atoms with E-state index in [9.17, 15) is 4.79 Å². The van der Waals surface area contributed by atoms with E-state index >= 15 is 0 Å². The minimum atomic E-state index is -0.463. The van der Waals surface area contributed by atoms with Crippen molar-refractivity contribution in [2.24, 2.45) is 0 Å². The summed E-state index contributed by atoms with van der Waals surface area (Å²) in [6.45, 7) is 5.89. The molecule has 4 heteroatoms. The predicted molar refractivity (Wildman–Crippen MR) is 62.0 cm³/mol. The summed E-state index contributed by atoms with van der Waals surface area (Å²) in [6, 6.07) is 3.64. The second kappa shape index (κ2) is 5.39. The number of rotatable bonds is 3. The lowest BCUT2D eigenvalue weighted by Crippen LogP contribution is -2.32. The molecule has 1 amide bonds. The summed E-state index contributed by atoms with van der Waals surface area (Å²) in [7, 11) is 0. The molecule has 0 saturated heterocycles. The van der Waals surface area contributed by atoms with Crippen molar-refractivity contribution in [3.8, 4) is 0 Å². The fraction of sp³-hybridized carbons (Fsp3) is 0.417. The van der Waals surface area contributed by atoms with Crippen molar-refractivity contribution in [3.63, 3.8) is 0 Å². The van der Waals surface area contributed by atoms with Crippen LogP contribution < -0.4 is 5.32 Å². The maximum atomic E-state index is 11.2. The molecular weight excluding hydrogens is 206 g/mol. The third-order valence-electron chi connectivity index (χ3n) is 1.59. The molecule has 1 aromatic heterocycles. The lowest BCUT2D eigenvalue weighted by Gasteiger charge is -2.19. The molecule has 1 heterocycles. The second-order valence-corrected chi connectivity index (χ2v) is 4.30. The first-order valence-electron chi connectivity index (χ1n) is 5.14. The van der Waals surface area contributed by atoms with Crippen LogP contribution in [0.1, 0.15) is 26.5 Å². The maximum Gasteiger partial charge on any atom is 0.407 e. The molecule has 0 bridgehead atoms. The zero-order valence-corrected chi connectivity index (χ0v) is 9.82. The van der Waals surface area contributed by atoms with Crippen LogP contribution in [0.15, 0.2) is 28.9 Å². The first-order chi connectivity index (χ1) is 7.47. The summed E-state index contributed by atoms with van der Waals surface area (Å²) >= 11 is 0. The summed E-state index contributed by atoms with van der Waals surface area (Å²) in [5, 5.41) is 2.61. The number of carbonyl (C=O) groups excluding carboxylic acids is 1. The Balaban J connectivity index is 2.23. The number of ether oxygens (including phenoxy) is 1. The molecule has 16 heavy (non-hydrogen) atoms. The number of hydrogen-bond acceptors (Lipinski definition) is 3. The molecule has 88 valence electrons. The minimum Gasteiger partial charge on any atom is -0.465 e. The van der Waals surface area contributed by atoms with E-state index in [1.165, 1.54) is 0 Å². The number of amides is 1. The summed E-state index contributed by atoms with van der Waals surface area (Å²) in [5.41, 5.74) is -0.463. The van der Waals surface area contributed by atoms with Gasteiger partial charge >= 0.3 is 6.09 Å². The zero-order valence-electron chi connectivity index (χ0n) is 9.82. The monoisotopic (exact) mass is 223 g/mol. The van der Waals surface area contributed by atoms with Gasteiger partial charge in [0.15, 0.2) is 0 Å². The highest BCUT2D eigenvalue weighted by molar-refractivity contribution is 5.68. The number of nitrogens with one attached hydrogen (secondary N) is 1. The molecule has 0 aliphatic carbocycles. The number of hydrogen-bond donors (Lipinski definition) is 1. The van der Waals surface area contributed by atoms with Crippen molar-refractivity contribution >= 4 is 12.2 Å². The van der Waals surface area contributed by atoms with Gasteiger partial charge in [-0.3, -0.25) is 0 Å². The van der Waals surface area contributed by atoms with Crippen molar-refractivity contribution in [1.29, 1.82) is 0 Å². The highest BCUT2D eigenvalue weighted by Gasteiger charge is 2.14. The van der Waals surface area contributed by atoms with Crippen molar-refractivity contribution < 1.29 is 13.9 Å². The van der Waals surface area contributed by atoms with E-state index in [0.29, 0.717) is 6.54 Å². The van der Waals surface area contributed by atoms with Crippen LogP contribution >= 0.6 is 0 Å². The van der Waals surface area contributed by atoms with Gasteiger partial charge in [0.1, 0.15) is 11.4 Å². The van der Waals surface area contributed by atoms with Gasteiger partial charge in [0.25, 0.3) is 0 Å². The number of carbonyl (C=O) groups is 1. The van der Waals surface area contributed by atoms with Crippen molar-refractivity contribution in [1.82, 2.24) is 5.32 Å². The molecular formula is C12H17NO3. The Hall–Kier alpha value is -1.71. The van der Waals surface area contributed by atoms with Gasteiger partial charge < -0.3 is 14.5 Å². The summed E-state index contributed by atoms with van der Waals surface area (Å²) in [5.74, 6) is 0.756. The van der Waals surface area contributed by atoms with Crippen LogP contribution in [0, 0.1) is 0 Å². The van der Waals surface area contributed by atoms with Crippen LogP contribution in [0.3, 0.4) is 0 Å². The Morgan fingerprint density at radius 1 is 1.56 bits per heavy atom. The largest absolute Gasteiger partial charge is 0.465 e. The van der Waals surface area contributed by atoms with E-state index in [0.717, 1.165) is 5.76 Å². The molecule has 0 unspecified atom stereocenters. The topological polar surface area (TPSA) is 51.5 Å². The fourth-order valence-corrected chi connectivity index (χ4v) is 1.02. The molecule has 0 atom stereocenters. The fourth-order valence-electron chi connectivity index (χ4n) is 1.02. The Bertz CT molecular complexity index is 347. The highest BCUT2D eigenvalue weighted by Crippen LogP contribution is 2.06. The van der Waals surface area contributed by atoms with Crippen LogP contribution in [0.4, 0.5) is 4.79 Å². The quantitative estimate of drug-likeness (QED) is 0.857. The Morgan fingerprint density at radius 3 is 2.88 bits per heavy atom. The van der Waals surface area contributed by atoms with Crippen LogP contribution in [-0.4, -0.2) is 18.2 Å². The molecule has 1 rings (SSSR count). The van der Waals surface area contributed by atoms with Gasteiger partial charge in [-0.1, -0.05) is 6.08 Å². The maximum absolute atomic E-state index is 11.2. The van der Waals surface area contributed by atoms with E-state index in [-0.39, 0.29) is 0 Å². The normalized spacial score (nSPS) is 11.7. The van der Waals surface area contributed by atoms with Crippen molar-refractivity contribution in [2.75, 3.05) is 6.54 Å². The molecule has 0 saturated carbocycles. The second-order valence-electron chi connectivity index (χ2n) is 4.30. The first-order valence-corrected chi connectivity index (χ1v) is 5.14. The molecule has 1 N–H and O–H groups in total. The van der Waals surface area contributed by atoms with E-state index in [2.05, 4.69) is 5.32 Å². The minimum absolute atomic E-state index is 0.412. The Kier molecular flexibility index (Phi) is 4.17. The highest BCUT2D eigenvalue weighted by atomic mass is 16.6. The number of alkyl carbamates (subject to hydrolysis) is 1. The predicted octanol–water partition coefficient (Wildman–Crippen LogP) is 2.82. The van der Waals surface area contributed by atoms with E-state index in [1.807, 2.05) is 26.8 Å². The molecule has 0 aliphatic heterocycles. The van der Waals surface area contributed by atoms with E-state index in [4.69, 9.17) is 9.15 Å². The molecule has 0 fully saturated rings. The zero-order chi connectivity index (χ0) is 12.0. The van der Waals surface area contributed by atoms with Gasteiger partial charge in [-0.25, -0.2) is 4.79 Å². The molecule has 0 aliphatic rings. The third kappa shape index (κ3) is 5.24. The van der Waals surface area contributed by atoms with Crippen LogP contribution in [0.2, 0.25) is 0 Å². The lowest BCUT2D eigenvalue weighted by molar-refractivity contribution is 0.0534. The van der Waals surface area contributed by atoms with Gasteiger partial charge in [0, 0.05) is 6.54 Å². The molecule has 1 aromatic rings. The standard InChI is InChI=1S/C12H17NO3/c1-12(2,3)16-11(14)13-8-4-6-10-7-5-9-15-10/h4-7,9H,8H2,1-3H3,(H,13,14)/b6-4+. The van der Waals surface area contributed by atoms with Gasteiger partial charge in [0.05, 0.1) is 6.26 Å². The van der Waals surface area contributed by atoms with Crippen LogP contribution in [-0.2, 0) is 4.74 Å². The Labute approximate surface area is 95.3 Å². The average Bonchev–Trinajstić information content (AvgIpc) is 2.62. The van der Waals surface area contributed by atoms with Crippen LogP contribution in [0.5, 0.6) is 0 Å². The molecule has 4 nitrogen and oxygen atoms in total. The lowest BCUT2D eigenvalue weighted by atomic mass is 10.2. The van der Waals surface area contributed by atoms with Crippen molar-refractivity contribution in [3.05, 3.63) is 30.2 Å². The molecule has 0 radical (unpaired) electrons. The Morgan fingerprint density at radius 2 is 2.31 bits per heavy atom. The molecule has 0 spiro atoms. The van der Waals surface area contributed by atoms with Gasteiger partial charge in [-0.05, 0) is 39.0 Å². The van der Waals surface area contributed by atoms with Crippen molar-refractivity contribution in [2.45, 2.75) is 26.4 Å². The van der Waals surface area contributed by atoms with E-state index < -0.39 is 11.7 Å². The first kappa shape index (κ1) is 12.4. The van der Waals surface area contributed by atoms with Gasteiger partial charge in [-0.2, -0.15) is 0 Å². The van der Waals surface area contributed by atoms with E-state index in [1.54, 1.807) is 24.5 Å². The third-order valence-corrected chi connectivity index (χ3v) is 1.59. The summed E-state index contributed by atoms with van der Waals surface area (Å²) in [4.78, 5) is 11.2. The number of furan rings is 1. The van der Waals surface area contributed by atoms with Crippen LogP contribution in [0.25, 0.3) is 6.08 Å². The summed E-state index contributed by atoms with van der Waals surface area (Å²) in [6.07, 6.45) is 4.76.